The van der Waals surface area contributed by atoms with Gasteiger partial charge in [0.25, 0.3) is 5.91 Å². The lowest BCUT2D eigenvalue weighted by Crippen LogP contribution is -2.33. The van der Waals surface area contributed by atoms with E-state index < -0.39 is 11.7 Å². The molecule has 0 radical (unpaired) electrons. The van der Waals surface area contributed by atoms with Crippen LogP contribution in [0.5, 0.6) is 0 Å². The minimum atomic E-state index is -0.606. The van der Waals surface area contributed by atoms with Crippen molar-refractivity contribution in [3.63, 3.8) is 0 Å². The lowest BCUT2D eigenvalue weighted by atomic mass is 10.0. The van der Waals surface area contributed by atoms with Crippen molar-refractivity contribution in [1.82, 2.24) is 15.0 Å². The summed E-state index contributed by atoms with van der Waals surface area (Å²) in [4.78, 5) is 27.8. The van der Waals surface area contributed by atoms with E-state index in [0.717, 1.165) is 0 Å². The van der Waals surface area contributed by atoms with Gasteiger partial charge in [-0.2, -0.15) is 5.26 Å². The second kappa shape index (κ2) is 11.1. The van der Waals surface area contributed by atoms with Crippen molar-refractivity contribution in [3.8, 4) is 28.6 Å². The Morgan fingerprint density at radius 2 is 2.10 bits per heavy atom. The molecule has 1 fully saturated rings. The quantitative estimate of drug-likeness (QED) is 0.331. The molecule has 4 aromatic rings. The van der Waals surface area contributed by atoms with E-state index in [1.165, 1.54) is 30.5 Å². The second-order valence-electron chi connectivity index (χ2n) is 9.07. The molecule has 3 heterocycles. The molecule has 0 aliphatic carbocycles. The number of aliphatic hydroxyl groups is 1. The van der Waals surface area contributed by atoms with E-state index in [1.807, 2.05) is 11.0 Å². The van der Waals surface area contributed by atoms with Crippen molar-refractivity contribution >= 4 is 28.9 Å². The van der Waals surface area contributed by atoms with Crippen LogP contribution in [0.25, 0.3) is 22.5 Å². The number of aliphatic hydroxyl groups excluding tert-OH is 1. The van der Waals surface area contributed by atoms with Crippen molar-refractivity contribution in [2.75, 3.05) is 23.4 Å². The fraction of sp³-hybridized carbons (Fsp3) is 0.179. The van der Waals surface area contributed by atoms with Crippen LogP contribution in [0.4, 0.5) is 15.8 Å². The molecule has 1 aliphatic heterocycles. The summed E-state index contributed by atoms with van der Waals surface area (Å²) in [5.41, 5.74) is 9.07. The molecule has 0 saturated carbocycles. The highest BCUT2D eigenvalue weighted by molar-refractivity contribution is 6.33. The van der Waals surface area contributed by atoms with E-state index in [2.05, 4.69) is 26.3 Å². The maximum atomic E-state index is 14.4. The van der Waals surface area contributed by atoms with Crippen LogP contribution in [-0.2, 0) is 0 Å². The number of hydrogen-bond donors (Lipinski definition) is 3. The number of halogens is 2. The van der Waals surface area contributed by atoms with Gasteiger partial charge in [0.15, 0.2) is 5.82 Å². The molecule has 11 heteroatoms. The topological polar surface area (TPSA) is 141 Å². The number of nitrogens with one attached hydrogen (secondary N) is 1. The van der Waals surface area contributed by atoms with Crippen LogP contribution >= 0.6 is 11.6 Å². The number of aromatic nitrogens is 3. The van der Waals surface area contributed by atoms with Gasteiger partial charge >= 0.3 is 0 Å². The Bertz CT molecular complexity index is 1570. The SMILES string of the molecule is N#Cc1ccncc1-c1ccc(NC(=O)c2ccnc(-c3c(F)cccc3Cl)n2)c(N2C[C@@H](N)CC2CO)c1. The molecule has 4 N–H and O–H groups in total. The Kier molecular flexibility index (Phi) is 7.47. The Labute approximate surface area is 228 Å². The van der Waals surface area contributed by atoms with Gasteiger partial charge in [-0.1, -0.05) is 23.7 Å². The lowest BCUT2D eigenvalue weighted by Gasteiger charge is -2.28. The zero-order valence-electron chi connectivity index (χ0n) is 20.6. The summed E-state index contributed by atoms with van der Waals surface area (Å²) in [5, 5.41) is 22.6. The minimum absolute atomic E-state index is 0.000433. The molecule has 0 spiro atoms. The van der Waals surface area contributed by atoms with Gasteiger partial charge in [-0.15, -0.1) is 0 Å². The first-order valence-electron chi connectivity index (χ1n) is 12.1. The van der Waals surface area contributed by atoms with Crippen molar-refractivity contribution in [2.45, 2.75) is 18.5 Å². The number of rotatable bonds is 6. The molecule has 2 aromatic heterocycles. The Morgan fingerprint density at radius 3 is 2.87 bits per heavy atom. The molecule has 1 amide bonds. The number of benzene rings is 2. The van der Waals surface area contributed by atoms with E-state index in [0.29, 0.717) is 41.0 Å². The summed E-state index contributed by atoms with van der Waals surface area (Å²) in [5.74, 6) is -1.18. The third-order valence-corrected chi connectivity index (χ3v) is 6.86. The van der Waals surface area contributed by atoms with E-state index in [9.17, 15) is 19.6 Å². The van der Waals surface area contributed by atoms with Crippen LogP contribution in [0.1, 0.15) is 22.5 Å². The maximum Gasteiger partial charge on any atom is 0.274 e. The number of amides is 1. The zero-order valence-corrected chi connectivity index (χ0v) is 21.3. The fourth-order valence-electron chi connectivity index (χ4n) is 4.69. The van der Waals surface area contributed by atoms with E-state index in [4.69, 9.17) is 17.3 Å². The van der Waals surface area contributed by atoms with Crippen LogP contribution in [0, 0.1) is 17.1 Å². The number of carbonyl (C=O) groups is 1. The summed E-state index contributed by atoms with van der Waals surface area (Å²) in [7, 11) is 0. The summed E-state index contributed by atoms with van der Waals surface area (Å²) >= 11 is 6.16. The predicted molar refractivity (Wildman–Crippen MR) is 146 cm³/mol. The molecule has 1 saturated heterocycles. The molecule has 9 nitrogen and oxygen atoms in total. The molecule has 2 atom stereocenters. The Hall–Kier alpha value is -4.43. The van der Waals surface area contributed by atoms with Crippen molar-refractivity contribution < 1.29 is 14.3 Å². The standard InChI is InChI=1S/C28H23ClFN7O2/c29-21-2-1-3-22(30)26(21)27-34-9-7-24(35-27)28(39)36-23-5-4-16(20-13-33-8-6-17(20)12-31)10-25(23)37-14-18(32)11-19(37)15-38/h1-10,13,18-19,38H,11,14-15,32H2,(H,36,39)/t18-,19?/m0/s1. The third-order valence-electron chi connectivity index (χ3n) is 6.54. The highest BCUT2D eigenvalue weighted by Crippen LogP contribution is 2.37. The summed E-state index contributed by atoms with van der Waals surface area (Å²) in [6.45, 7) is 0.333. The van der Waals surface area contributed by atoms with Crippen molar-refractivity contribution in [3.05, 3.63) is 89.2 Å². The number of carbonyl (C=O) groups excluding carboxylic acids is 1. The van der Waals surface area contributed by atoms with Crippen LogP contribution in [0.15, 0.2) is 67.1 Å². The van der Waals surface area contributed by atoms with Gasteiger partial charge in [-0.3, -0.25) is 9.78 Å². The van der Waals surface area contributed by atoms with E-state index >= 15 is 0 Å². The van der Waals surface area contributed by atoms with Crippen LogP contribution < -0.4 is 16.0 Å². The number of nitriles is 1. The highest BCUT2D eigenvalue weighted by Gasteiger charge is 2.31. The summed E-state index contributed by atoms with van der Waals surface area (Å²) < 4.78 is 14.4. The van der Waals surface area contributed by atoms with Gasteiger partial charge in [0, 0.05) is 36.7 Å². The maximum absolute atomic E-state index is 14.4. The molecule has 1 unspecified atom stereocenters. The summed E-state index contributed by atoms with van der Waals surface area (Å²) in [6.07, 6.45) is 5.08. The first-order chi connectivity index (χ1) is 18.9. The first kappa shape index (κ1) is 26.2. The van der Waals surface area contributed by atoms with Gasteiger partial charge in [-0.05, 0) is 48.4 Å². The predicted octanol–water partition coefficient (Wildman–Crippen LogP) is 4.02. The monoisotopic (exact) mass is 543 g/mol. The van der Waals surface area contributed by atoms with E-state index in [-0.39, 0.29) is 40.8 Å². The minimum Gasteiger partial charge on any atom is -0.394 e. The molecular weight excluding hydrogens is 521 g/mol. The van der Waals surface area contributed by atoms with Gasteiger partial charge in [-0.25, -0.2) is 14.4 Å². The second-order valence-corrected chi connectivity index (χ2v) is 9.47. The van der Waals surface area contributed by atoms with E-state index in [1.54, 1.807) is 30.6 Å². The number of pyridine rings is 1. The largest absolute Gasteiger partial charge is 0.394 e. The molecule has 2 aromatic carbocycles. The molecule has 1 aliphatic rings. The summed E-state index contributed by atoms with van der Waals surface area (Å²) in [6, 6.07) is 14.3. The van der Waals surface area contributed by atoms with Crippen LogP contribution in [-0.4, -0.2) is 51.2 Å². The average Bonchev–Trinajstić information content (AvgIpc) is 3.33. The van der Waals surface area contributed by atoms with Gasteiger partial charge in [0.2, 0.25) is 0 Å². The molecule has 196 valence electrons. The van der Waals surface area contributed by atoms with Crippen molar-refractivity contribution in [2.24, 2.45) is 5.73 Å². The van der Waals surface area contributed by atoms with Gasteiger partial charge in [0.05, 0.1) is 46.2 Å². The molecule has 0 bridgehead atoms. The normalized spacial score (nSPS) is 16.6. The highest BCUT2D eigenvalue weighted by atomic mass is 35.5. The van der Waals surface area contributed by atoms with Crippen molar-refractivity contribution in [1.29, 1.82) is 5.26 Å². The third kappa shape index (κ3) is 5.28. The molecular formula is C28H23ClFN7O2. The molecule has 39 heavy (non-hydrogen) atoms. The number of anilines is 2. The fourth-order valence-corrected chi connectivity index (χ4v) is 4.94. The zero-order chi connectivity index (χ0) is 27.5. The number of nitrogens with two attached hydrogens (primary N) is 1. The number of nitrogens with zero attached hydrogens (tertiary/aromatic N) is 5. The van der Waals surface area contributed by atoms with Crippen LogP contribution in [0.2, 0.25) is 5.02 Å². The Balaban J connectivity index is 1.53. The van der Waals surface area contributed by atoms with Crippen LogP contribution in [0.3, 0.4) is 0 Å². The Morgan fingerprint density at radius 1 is 1.26 bits per heavy atom. The lowest BCUT2D eigenvalue weighted by molar-refractivity contribution is 0.102. The average molecular weight is 544 g/mol. The molecule has 5 rings (SSSR count). The van der Waals surface area contributed by atoms with Gasteiger partial charge < -0.3 is 21.1 Å². The first-order valence-corrected chi connectivity index (χ1v) is 12.5. The number of hydrogen-bond acceptors (Lipinski definition) is 8. The van der Waals surface area contributed by atoms with Gasteiger partial charge in [0.1, 0.15) is 11.5 Å². The smallest absolute Gasteiger partial charge is 0.274 e.